The highest BCUT2D eigenvalue weighted by molar-refractivity contribution is 6.30. The van der Waals surface area contributed by atoms with Gasteiger partial charge in [0.25, 0.3) is 0 Å². The van der Waals surface area contributed by atoms with Crippen LogP contribution in [-0.4, -0.2) is 85.0 Å². The number of likely N-dealkylation sites (tertiary alicyclic amines) is 4. The van der Waals surface area contributed by atoms with Crippen molar-refractivity contribution in [3.63, 3.8) is 0 Å². The molecular weight excluding hydrogens is 824 g/mol. The highest BCUT2D eigenvalue weighted by Gasteiger charge is 2.28. The summed E-state index contributed by atoms with van der Waals surface area (Å²) in [5, 5.41) is 1.59. The van der Waals surface area contributed by atoms with Gasteiger partial charge in [-0.15, -0.1) is 0 Å². The van der Waals surface area contributed by atoms with Gasteiger partial charge in [0, 0.05) is 49.3 Å². The average Bonchev–Trinajstić information content (AvgIpc) is 4.00. The molecule has 6 aromatic carbocycles. The van der Waals surface area contributed by atoms with E-state index in [4.69, 9.17) is 23.2 Å². The Labute approximate surface area is 395 Å². The van der Waals surface area contributed by atoms with E-state index in [1.54, 1.807) is 0 Å². The van der Waals surface area contributed by atoms with Crippen molar-refractivity contribution in [3.8, 4) is 0 Å². The second-order valence-electron chi connectivity index (χ2n) is 18.3. The largest absolute Gasteiger partial charge is 0.303 e. The highest BCUT2D eigenvalue weighted by atomic mass is 35.5. The van der Waals surface area contributed by atoms with Crippen molar-refractivity contribution in [2.24, 2.45) is 11.8 Å². The van der Waals surface area contributed by atoms with Crippen molar-refractivity contribution in [2.45, 2.75) is 63.5 Å². The Bertz CT molecular complexity index is 1940. The van der Waals surface area contributed by atoms with Crippen LogP contribution >= 0.6 is 23.2 Å². The molecule has 4 nitrogen and oxygen atoms in total. The lowest BCUT2D eigenvalue weighted by Gasteiger charge is -2.33. The van der Waals surface area contributed by atoms with Crippen molar-refractivity contribution in [3.05, 3.63) is 214 Å². The summed E-state index contributed by atoms with van der Waals surface area (Å²) in [6.45, 7) is 15.0. The molecule has 4 saturated heterocycles. The van der Waals surface area contributed by atoms with Crippen molar-refractivity contribution < 1.29 is 0 Å². The molecule has 4 aliphatic heterocycles. The number of rotatable bonds is 10. The van der Waals surface area contributed by atoms with Crippen LogP contribution in [0.5, 0.6) is 0 Å². The minimum Gasteiger partial charge on any atom is -0.303 e. The lowest BCUT2D eigenvalue weighted by atomic mass is 9.89. The van der Waals surface area contributed by atoms with Crippen LogP contribution in [0.15, 0.2) is 182 Å². The number of hydrogen-bond acceptors (Lipinski definition) is 4. The van der Waals surface area contributed by atoms with Gasteiger partial charge in [0.1, 0.15) is 0 Å². The van der Waals surface area contributed by atoms with Gasteiger partial charge in [-0.05, 0) is 148 Å². The van der Waals surface area contributed by atoms with E-state index in [1.807, 2.05) is 60.7 Å². The Kier molecular flexibility index (Phi) is 19.9. The summed E-state index contributed by atoms with van der Waals surface area (Å²) < 4.78 is 0. The zero-order chi connectivity index (χ0) is 44.0. The Balaban J connectivity index is 0.000000147. The number of piperidine rings is 2. The third kappa shape index (κ3) is 16.6. The zero-order valence-corrected chi connectivity index (χ0v) is 39.4. The molecule has 2 atom stereocenters. The predicted octanol–water partition coefficient (Wildman–Crippen LogP) is 13.5. The molecule has 10 rings (SSSR count). The molecule has 64 heavy (non-hydrogen) atoms. The van der Waals surface area contributed by atoms with E-state index in [2.05, 4.69) is 141 Å². The maximum atomic E-state index is 5.54. The lowest BCUT2D eigenvalue weighted by molar-refractivity contribution is 0.181. The molecule has 0 aromatic heterocycles. The molecule has 6 heteroatoms. The molecule has 0 unspecified atom stereocenters. The van der Waals surface area contributed by atoms with Gasteiger partial charge >= 0.3 is 0 Å². The summed E-state index contributed by atoms with van der Waals surface area (Å²) in [5.74, 6) is 3.26. The molecule has 0 aliphatic carbocycles. The Morgan fingerprint density at radius 3 is 0.906 bits per heavy atom. The van der Waals surface area contributed by atoms with E-state index < -0.39 is 0 Å². The van der Waals surface area contributed by atoms with E-state index in [0.29, 0.717) is 0 Å². The fourth-order valence-corrected chi connectivity index (χ4v) is 10.3. The molecule has 0 bridgehead atoms. The van der Waals surface area contributed by atoms with E-state index in [1.165, 1.54) is 126 Å². The summed E-state index contributed by atoms with van der Waals surface area (Å²) in [6, 6.07) is 62.9. The first-order valence-electron chi connectivity index (χ1n) is 24.0. The second-order valence-corrected chi connectivity index (χ2v) is 19.2. The van der Waals surface area contributed by atoms with Gasteiger partial charge in [-0.3, -0.25) is 9.80 Å². The van der Waals surface area contributed by atoms with Crippen LogP contribution < -0.4 is 0 Å². The predicted molar refractivity (Wildman–Crippen MR) is 272 cm³/mol. The molecule has 4 aliphatic rings. The summed E-state index contributed by atoms with van der Waals surface area (Å²) in [7, 11) is 0. The second kappa shape index (κ2) is 26.6. The number of halogens is 2. The normalized spacial score (nSPS) is 20.0. The molecule has 0 spiro atoms. The third-order valence-corrected chi connectivity index (χ3v) is 14.0. The monoisotopic (exact) mass is 892 g/mol. The molecule has 6 aromatic rings. The minimum absolute atomic E-state index is 0.774. The molecule has 4 heterocycles. The zero-order valence-electron chi connectivity index (χ0n) is 37.9. The first-order valence-corrected chi connectivity index (χ1v) is 24.8. The minimum atomic E-state index is 0.774. The molecular formula is C58H70Cl2N4. The summed E-state index contributed by atoms with van der Waals surface area (Å²) in [4.78, 5) is 10.7. The molecule has 0 N–H and O–H groups in total. The summed E-state index contributed by atoms with van der Waals surface area (Å²) >= 11 is 11.1. The van der Waals surface area contributed by atoms with Crippen LogP contribution in [0.2, 0.25) is 10.0 Å². The summed E-state index contributed by atoms with van der Waals surface area (Å²) in [6.07, 6.45) is 8.03. The first-order chi connectivity index (χ1) is 31.5. The van der Waals surface area contributed by atoms with Crippen LogP contribution in [0.1, 0.15) is 72.6 Å². The van der Waals surface area contributed by atoms with E-state index in [-0.39, 0.29) is 0 Å². The molecule has 0 amide bonds. The van der Waals surface area contributed by atoms with Gasteiger partial charge in [0.2, 0.25) is 0 Å². The Morgan fingerprint density at radius 2 is 0.609 bits per heavy atom. The number of benzene rings is 6. The van der Waals surface area contributed by atoms with Crippen LogP contribution in [0.25, 0.3) is 0 Å². The maximum absolute atomic E-state index is 5.54. The van der Waals surface area contributed by atoms with Crippen molar-refractivity contribution in [2.75, 3.05) is 65.4 Å². The van der Waals surface area contributed by atoms with E-state index in [9.17, 15) is 0 Å². The van der Waals surface area contributed by atoms with Crippen molar-refractivity contribution in [1.29, 1.82) is 0 Å². The van der Waals surface area contributed by atoms with Gasteiger partial charge in [-0.1, -0.05) is 181 Å². The Morgan fingerprint density at radius 1 is 0.328 bits per heavy atom. The van der Waals surface area contributed by atoms with Crippen LogP contribution in [-0.2, 0) is 13.1 Å². The summed E-state index contributed by atoms with van der Waals surface area (Å²) in [5.41, 5.74) is 5.98. The lowest BCUT2D eigenvalue weighted by Crippen LogP contribution is -2.37. The SMILES string of the molecule is Clc1ccccc1.Clc1ccccc1.c1ccc(CN2CC[C@@H](CN3CCC(c4ccccc4)CC3)C2)cc1.c1ccc(CN2CC[C@@H](CN3CCC(c4ccccc4)CC3)C2)cc1. The highest BCUT2D eigenvalue weighted by Crippen LogP contribution is 2.31. The molecule has 4 fully saturated rings. The molecule has 336 valence electrons. The molecule has 0 radical (unpaired) electrons. The third-order valence-electron chi connectivity index (χ3n) is 13.5. The quantitative estimate of drug-likeness (QED) is 0.136. The van der Waals surface area contributed by atoms with Crippen LogP contribution in [0.4, 0.5) is 0 Å². The van der Waals surface area contributed by atoms with Gasteiger partial charge < -0.3 is 9.80 Å². The van der Waals surface area contributed by atoms with Gasteiger partial charge in [-0.25, -0.2) is 0 Å². The van der Waals surface area contributed by atoms with E-state index >= 15 is 0 Å². The standard InChI is InChI=1S/2C23H30N2.2C6H5Cl/c2*1-3-7-20(8-4-1)17-25-14-11-21(19-25)18-24-15-12-23(13-16-24)22-9-5-2-6-10-22;2*7-6-4-2-1-3-5-6/h2*1-10,21,23H,11-19H2;2*1-5H/t2*21-;;/m00../s1. The molecule has 0 saturated carbocycles. The van der Waals surface area contributed by atoms with Gasteiger partial charge in [0.15, 0.2) is 0 Å². The van der Waals surface area contributed by atoms with E-state index in [0.717, 1.165) is 46.8 Å². The smallest absolute Gasteiger partial charge is 0.0405 e. The average molecular weight is 894 g/mol. The maximum Gasteiger partial charge on any atom is 0.0405 e. The van der Waals surface area contributed by atoms with Crippen LogP contribution in [0.3, 0.4) is 0 Å². The van der Waals surface area contributed by atoms with Crippen LogP contribution in [0, 0.1) is 11.8 Å². The topological polar surface area (TPSA) is 13.0 Å². The van der Waals surface area contributed by atoms with Crippen molar-refractivity contribution in [1.82, 2.24) is 19.6 Å². The first kappa shape index (κ1) is 47.7. The van der Waals surface area contributed by atoms with Gasteiger partial charge in [-0.2, -0.15) is 0 Å². The van der Waals surface area contributed by atoms with Gasteiger partial charge in [0.05, 0.1) is 0 Å². The fourth-order valence-electron chi connectivity index (χ4n) is 10.0. The number of nitrogens with zero attached hydrogens (tertiary/aromatic N) is 4. The Hall–Kier alpha value is -4.26. The number of hydrogen-bond donors (Lipinski definition) is 0. The fraction of sp³-hybridized carbons (Fsp3) is 0.379. The van der Waals surface area contributed by atoms with Crippen molar-refractivity contribution >= 4 is 23.2 Å².